The van der Waals surface area contributed by atoms with Crippen molar-refractivity contribution in [1.82, 2.24) is 0 Å². The highest BCUT2D eigenvalue weighted by atomic mass is 14.0. The minimum absolute atomic E-state index is 0.500. The van der Waals surface area contributed by atoms with Crippen LogP contribution in [0.4, 0.5) is 0 Å². The number of allylic oxidation sites excluding steroid dienone is 5. The van der Waals surface area contributed by atoms with E-state index in [9.17, 15) is 0 Å². The van der Waals surface area contributed by atoms with Crippen molar-refractivity contribution < 1.29 is 0 Å². The third kappa shape index (κ3) is 28.5. The fraction of sp³-hybridized carbons (Fsp3) is 0.517. The molecule has 0 aliphatic heterocycles. The summed E-state index contributed by atoms with van der Waals surface area (Å²) in [5.41, 5.74) is 7.22. The zero-order valence-electron chi connectivity index (χ0n) is 22.2. The van der Waals surface area contributed by atoms with Gasteiger partial charge in [-0.3, -0.25) is 0 Å². The monoisotopic (exact) mass is 400 g/mol. The fourth-order valence-corrected chi connectivity index (χ4v) is 1.63. The van der Waals surface area contributed by atoms with Crippen LogP contribution >= 0.6 is 0 Å². The second kappa shape index (κ2) is 20.9. The highest BCUT2D eigenvalue weighted by Gasteiger charge is 1.99. The molecule has 0 aliphatic carbocycles. The first-order valence-corrected chi connectivity index (χ1v) is 10.8. The van der Waals surface area contributed by atoms with Crippen LogP contribution in [-0.4, -0.2) is 0 Å². The number of benzene rings is 1. The van der Waals surface area contributed by atoms with Crippen LogP contribution in [0.15, 0.2) is 67.3 Å². The molecule has 1 aromatic carbocycles. The predicted octanol–water partition coefficient (Wildman–Crippen LogP) is 10.4. The van der Waals surface area contributed by atoms with Crippen molar-refractivity contribution in [2.24, 2.45) is 5.41 Å². The van der Waals surface area contributed by atoms with Crippen LogP contribution in [0.2, 0.25) is 0 Å². The Morgan fingerprint density at radius 3 is 1.59 bits per heavy atom. The van der Waals surface area contributed by atoms with Gasteiger partial charge in [0.2, 0.25) is 0 Å². The van der Waals surface area contributed by atoms with Crippen molar-refractivity contribution in [3.05, 3.63) is 84.0 Å². The number of rotatable bonds is 3. The lowest BCUT2D eigenvalue weighted by Crippen LogP contribution is -1.93. The van der Waals surface area contributed by atoms with Crippen molar-refractivity contribution in [3.63, 3.8) is 0 Å². The summed E-state index contributed by atoms with van der Waals surface area (Å²) < 4.78 is 0. The SMILES string of the molecule is C=C.C=C/C(C)=C\C(C)=C/C.CC.CC(C)(C)C.Cc1ccc(C(C)C)cc1C. The normalized spacial score (nSPS) is 10.7. The van der Waals surface area contributed by atoms with Gasteiger partial charge in [-0.2, -0.15) is 0 Å². The first-order chi connectivity index (χ1) is 13.3. The fourth-order valence-electron chi connectivity index (χ4n) is 1.63. The van der Waals surface area contributed by atoms with E-state index in [0.29, 0.717) is 11.3 Å². The van der Waals surface area contributed by atoms with Crippen molar-refractivity contribution in [1.29, 1.82) is 0 Å². The Balaban J connectivity index is -0.000000156. The molecule has 0 heterocycles. The molecule has 0 N–H and O–H groups in total. The lowest BCUT2D eigenvalue weighted by Gasteiger charge is -2.07. The van der Waals surface area contributed by atoms with Gasteiger partial charge in [-0.1, -0.05) is 110 Å². The van der Waals surface area contributed by atoms with Crippen LogP contribution in [0, 0.1) is 19.3 Å². The molecule has 0 saturated carbocycles. The van der Waals surface area contributed by atoms with E-state index in [4.69, 9.17) is 0 Å². The Kier molecular flexibility index (Phi) is 25.0. The van der Waals surface area contributed by atoms with E-state index in [0.717, 1.165) is 0 Å². The molecule has 0 aromatic heterocycles. The molecule has 0 saturated heterocycles. The molecule has 0 fully saturated rings. The van der Waals surface area contributed by atoms with Crippen molar-refractivity contribution >= 4 is 0 Å². The molecule has 1 rings (SSSR count). The van der Waals surface area contributed by atoms with Gasteiger partial charge in [-0.25, -0.2) is 0 Å². The topological polar surface area (TPSA) is 0 Å². The van der Waals surface area contributed by atoms with E-state index in [1.807, 2.05) is 33.8 Å². The smallest absolute Gasteiger partial charge is 0.0219 e. The Morgan fingerprint density at radius 2 is 1.31 bits per heavy atom. The van der Waals surface area contributed by atoms with Crippen LogP contribution in [0.25, 0.3) is 0 Å². The van der Waals surface area contributed by atoms with Crippen LogP contribution in [0.1, 0.15) is 98.8 Å². The van der Waals surface area contributed by atoms with E-state index in [1.165, 1.54) is 27.8 Å². The molecule has 0 unspecified atom stereocenters. The first-order valence-electron chi connectivity index (χ1n) is 10.8. The summed E-state index contributed by atoms with van der Waals surface area (Å²) in [6.45, 7) is 37.3. The average Bonchev–Trinajstić information content (AvgIpc) is 2.66. The number of hydrogen-bond donors (Lipinski definition) is 0. The molecule has 1 aromatic rings. The lowest BCUT2D eigenvalue weighted by atomic mass is 9.99. The molecule has 0 nitrogen and oxygen atoms in total. The summed E-state index contributed by atoms with van der Waals surface area (Å²) in [6, 6.07) is 6.69. The van der Waals surface area contributed by atoms with E-state index >= 15 is 0 Å². The standard InChI is InChI=1S/C11H16.C9H14.C5H12.C2H6.C2H4/c1-8(2)11-6-5-9(3)10(4)7-11;1-5-8(3)7-9(4)6-2;1-5(2,3)4;2*1-2/h5-8H,1-4H3;5-7H,1H2,2-4H3;1-4H3;1-2H3;1-2H2/b;8-7-,9-6-;;;. The van der Waals surface area contributed by atoms with Gasteiger partial charge in [-0.15, -0.1) is 13.2 Å². The Labute approximate surface area is 185 Å². The Morgan fingerprint density at radius 1 is 0.897 bits per heavy atom. The summed E-state index contributed by atoms with van der Waals surface area (Å²) >= 11 is 0. The molecule has 168 valence electrons. The van der Waals surface area contributed by atoms with Gasteiger partial charge in [-0.05, 0) is 62.6 Å². The largest absolute Gasteiger partial charge is 0.106 e. The number of hydrogen-bond acceptors (Lipinski definition) is 0. The van der Waals surface area contributed by atoms with Gasteiger partial charge in [0.25, 0.3) is 0 Å². The molecule has 0 atom stereocenters. The van der Waals surface area contributed by atoms with Gasteiger partial charge in [0, 0.05) is 0 Å². The van der Waals surface area contributed by atoms with Gasteiger partial charge in [0.05, 0.1) is 0 Å². The number of aryl methyl sites for hydroxylation is 2. The van der Waals surface area contributed by atoms with Gasteiger partial charge >= 0.3 is 0 Å². The molecule has 0 radical (unpaired) electrons. The van der Waals surface area contributed by atoms with Gasteiger partial charge in [0.1, 0.15) is 0 Å². The van der Waals surface area contributed by atoms with Crippen molar-refractivity contribution in [2.45, 2.75) is 95.9 Å². The molecule has 0 aliphatic rings. The van der Waals surface area contributed by atoms with Crippen molar-refractivity contribution in [2.75, 3.05) is 0 Å². The second-order valence-electron chi connectivity index (χ2n) is 8.62. The summed E-state index contributed by atoms with van der Waals surface area (Å²) in [5, 5.41) is 0. The van der Waals surface area contributed by atoms with Crippen molar-refractivity contribution in [3.8, 4) is 0 Å². The molecule has 0 amide bonds. The zero-order valence-corrected chi connectivity index (χ0v) is 22.2. The molecule has 0 heteroatoms. The Hall–Kier alpha value is -1.82. The second-order valence-corrected chi connectivity index (χ2v) is 8.62. The maximum atomic E-state index is 3.65. The summed E-state index contributed by atoms with van der Waals surface area (Å²) in [4.78, 5) is 0. The maximum absolute atomic E-state index is 3.65. The van der Waals surface area contributed by atoms with Gasteiger partial charge < -0.3 is 0 Å². The van der Waals surface area contributed by atoms with E-state index in [2.05, 4.69) is 112 Å². The van der Waals surface area contributed by atoms with E-state index in [-0.39, 0.29) is 0 Å². The molecular formula is C29H52. The van der Waals surface area contributed by atoms with E-state index in [1.54, 1.807) is 0 Å². The average molecular weight is 401 g/mol. The minimum Gasteiger partial charge on any atom is -0.106 e. The predicted molar refractivity (Wildman–Crippen MR) is 141 cm³/mol. The molecule has 0 bridgehead atoms. The summed E-state index contributed by atoms with van der Waals surface area (Å²) in [5.74, 6) is 0.647. The van der Waals surface area contributed by atoms with Crippen LogP contribution < -0.4 is 0 Å². The third-order valence-corrected chi connectivity index (χ3v) is 3.43. The molecule has 29 heavy (non-hydrogen) atoms. The summed E-state index contributed by atoms with van der Waals surface area (Å²) in [7, 11) is 0. The first kappa shape index (κ1) is 34.7. The quantitative estimate of drug-likeness (QED) is 0.349. The van der Waals surface area contributed by atoms with E-state index < -0.39 is 0 Å². The van der Waals surface area contributed by atoms with Gasteiger partial charge in [0.15, 0.2) is 0 Å². The lowest BCUT2D eigenvalue weighted by molar-refractivity contribution is 0.469. The zero-order chi connectivity index (χ0) is 24.2. The highest BCUT2D eigenvalue weighted by Crippen LogP contribution is 2.17. The molecular weight excluding hydrogens is 348 g/mol. The maximum Gasteiger partial charge on any atom is -0.0219 e. The Bertz CT molecular complexity index is 569. The third-order valence-electron chi connectivity index (χ3n) is 3.43. The van der Waals surface area contributed by atoms with Crippen LogP contribution in [0.5, 0.6) is 0 Å². The highest BCUT2D eigenvalue weighted by molar-refractivity contribution is 5.31. The van der Waals surface area contributed by atoms with Crippen LogP contribution in [0.3, 0.4) is 0 Å². The minimum atomic E-state index is 0.500. The summed E-state index contributed by atoms with van der Waals surface area (Å²) in [6.07, 6.45) is 6.03. The molecule has 0 spiro atoms. The van der Waals surface area contributed by atoms with Crippen LogP contribution in [-0.2, 0) is 0 Å².